The molecule has 0 spiro atoms. The van der Waals surface area contributed by atoms with Gasteiger partial charge >= 0.3 is 0 Å². The van der Waals surface area contributed by atoms with E-state index in [-0.39, 0.29) is 10.6 Å². The lowest BCUT2D eigenvalue weighted by atomic mass is 10.3. The van der Waals surface area contributed by atoms with Gasteiger partial charge in [0, 0.05) is 10.2 Å². The molecule has 0 fully saturated rings. The maximum atomic E-state index is 13.5. The third kappa shape index (κ3) is 5.36. The molecule has 9 heteroatoms. The van der Waals surface area contributed by atoms with E-state index in [4.69, 9.17) is 9.47 Å². The van der Waals surface area contributed by atoms with E-state index >= 15 is 0 Å². The third-order valence-corrected chi connectivity index (χ3v) is 6.72. The van der Waals surface area contributed by atoms with E-state index in [1.807, 2.05) is 0 Å². The summed E-state index contributed by atoms with van der Waals surface area (Å²) in [7, 11) is -1.14. The van der Waals surface area contributed by atoms with Crippen molar-refractivity contribution in [3.63, 3.8) is 0 Å². The molecular weight excluding hydrogens is 484 g/mol. The second-order valence-electron chi connectivity index (χ2n) is 6.41. The van der Waals surface area contributed by atoms with E-state index in [1.54, 1.807) is 60.7 Å². The van der Waals surface area contributed by atoms with Gasteiger partial charge in [0.2, 0.25) is 5.91 Å². The Morgan fingerprint density at radius 1 is 0.935 bits per heavy atom. The van der Waals surface area contributed by atoms with E-state index in [0.29, 0.717) is 17.2 Å². The summed E-state index contributed by atoms with van der Waals surface area (Å²) < 4.78 is 39.3. The Kier molecular flexibility index (Phi) is 7.19. The molecule has 0 aliphatic heterocycles. The number of para-hydroxylation sites is 2. The highest BCUT2D eigenvalue weighted by Gasteiger charge is 2.29. The number of carbonyl (C=O) groups excluding carboxylic acids is 1. The molecule has 31 heavy (non-hydrogen) atoms. The van der Waals surface area contributed by atoms with Crippen molar-refractivity contribution < 1.29 is 22.7 Å². The van der Waals surface area contributed by atoms with Crippen LogP contribution in [0.3, 0.4) is 0 Å². The molecule has 3 aromatic rings. The first-order valence-electron chi connectivity index (χ1n) is 9.20. The van der Waals surface area contributed by atoms with Crippen LogP contribution in [0.25, 0.3) is 0 Å². The van der Waals surface area contributed by atoms with E-state index in [9.17, 15) is 13.2 Å². The number of nitrogens with zero attached hydrogens (tertiary/aromatic N) is 1. The minimum atomic E-state index is -4.08. The Labute approximate surface area is 189 Å². The Bertz CT molecular complexity index is 1150. The van der Waals surface area contributed by atoms with Crippen LogP contribution in [-0.2, 0) is 14.8 Å². The number of halogens is 1. The van der Waals surface area contributed by atoms with Crippen LogP contribution in [-0.4, -0.2) is 35.1 Å². The van der Waals surface area contributed by atoms with Crippen molar-refractivity contribution in [3.8, 4) is 11.5 Å². The van der Waals surface area contributed by atoms with Crippen LogP contribution < -0.4 is 19.1 Å². The van der Waals surface area contributed by atoms with Crippen LogP contribution >= 0.6 is 15.9 Å². The van der Waals surface area contributed by atoms with Gasteiger partial charge in [-0.25, -0.2) is 8.42 Å². The van der Waals surface area contributed by atoms with Gasteiger partial charge < -0.3 is 14.8 Å². The number of hydrogen-bond donors (Lipinski definition) is 1. The van der Waals surface area contributed by atoms with Gasteiger partial charge in [0.05, 0.1) is 24.8 Å². The topological polar surface area (TPSA) is 84.9 Å². The second kappa shape index (κ2) is 9.84. The molecule has 3 aromatic carbocycles. The normalized spacial score (nSPS) is 10.9. The highest BCUT2D eigenvalue weighted by molar-refractivity contribution is 9.10. The fourth-order valence-corrected chi connectivity index (χ4v) is 4.57. The number of carbonyl (C=O) groups is 1. The molecule has 0 bridgehead atoms. The summed E-state index contributed by atoms with van der Waals surface area (Å²) >= 11 is 3.34. The summed E-state index contributed by atoms with van der Waals surface area (Å²) in [6.07, 6.45) is 0. The van der Waals surface area contributed by atoms with E-state index in [2.05, 4.69) is 21.2 Å². The number of ether oxygens (including phenoxy) is 2. The summed E-state index contributed by atoms with van der Waals surface area (Å²) in [4.78, 5) is 12.8. The number of benzene rings is 3. The van der Waals surface area contributed by atoms with Gasteiger partial charge in [0.25, 0.3) is 10.0 Å². The summed E-state index contributed by atoms with van der Waals surface area (Å²) in [5, 5.41) is 2.72. The zero-order chi connectivity index (χ0) is 22.4. The summed E-state index contributed by atoms with van der Waals surface area (Å²) in [6.45, 7) is -0.440. The molecule has 1 amide bonds. The fraction of sp³-hybridized carbons (Fsp3) is 0.136. The van der Waals surface area contributed by atoms with Crippen molar-refractivity contribution in [1.29, 1.82) is 0 Å². The van der Waals surface area contributed by atoms with Crippen molar-refractivity contribution in [1.82, 2.24) is 0 Å². The Morgan fingerprint density at radius 3 is 2.19 bits per heavy atom. The number of rotatable bonds is 8. The summed E-state index contributed by atoms with van der Waals surface area (Å²) in [5.74, 6) is 0.358. The molecule has 0 saturated carbocycles. The Morgan fingerprint density at radius 2 is 1.58 bits per heavy atom. The lowest BCUT2D eigenvalue weighted by Crippen LogP contribution is -2.38. The van der Waals surface area contributed by atoms with Crippen LogP contribution in [0, 0.1) is 0 Å². The molecule has 0 saturated heterocycles. The van der Waals surface area contributed by atoms with Gasteiger partial charge in [-0.2, -0.15) is 0 Å². The number of sulfonamides is 1. The smallest absolute Gasteiger partial charge is 0.264 e. The molecule has 0 radical (unpaired) electrons. The first-order chi connectivity index (χ1) is 14.8. The predicted molar refractivity (Wildman–Crippen MR) is 123 cm³/mol. The van der Waals surface area contributed by atoms with Gasteiger partial charge in [-0.3, -0.25) is 9.10 Å². The number of anilines is 2. The first-order valence-corrected chi connectivity index (χ1v) is 11.4. The van der Waals surface area contributed by atoms with Crippen molar-refractivity contribution in [2.45, 2.75) is 4.90 Å². The van der Waals surface area contributed by atoms with Crippen molar-refractivity contribution in [3.05, 3.63) is 77.3 Å². The highest BCUT2D eigenvalue weighted by Crippen LogP contribution is 2.32. The monoisotopic (exact) mass is 504 g/mol. The summed E-state index contributed by atoms with van der Waals surface area (Å²) in [6, 6.07) is 19.6. The van der Waals surface area contributed by atoms with Crippen LogP contribution in [0.15, 0.2) is 82.2 Å². The molecule has 0 aliphatic carbocycles. The highest BCUT2D eigenvalue weighted by atomic mass is 79.9. The molecular formula is C22H21BrN2O5S. The van der Waals surface area contributed by atoms with Gasteiger partial charge in [-0.1, -0.05) is 28.1 Å². The van der Waals surface area contributed by atoms with E-state index in [1.165, 1.54) is 26.4 Å². The van der Waals surface area contributed by atoms with Crippen molar-refractivity contribution >= 4 is 43.2 Å². The van der Waals surface area contributed by atoms with E-state index in [0.717, 1.165) is 8.78 Å². The number of amides is 1. The van der Waals surface area contributed by atoms with Crippen molar-refractivity contribution in [2.75, 3.05) is 30.4 Å². The second-order valence-corrected chi connectivity index (χ2v) is 9.19. The molecule has 0 aliphatic rings. The van der Waals surface area contributed by atoms with Gasteiger partial charge in [0.1, 0.15) is 18.0 Å². The van der Waals surface area contributed by atoms with Gasteiger partial charge in [0.15, 0.2) is 0 Å². The third-order valence-electron chi connectivity index (χ3n) is 4.42. The molecule has 0 atom stereocenters. The van der Waals surface area contributed by atoms with Gasteiger partial charge in [-0.15, -0.1) is 0 Å². The maximum Gasteiger partial charge on any atom is 0.264 e. The molecule has 0 aromatic heterocycles. The Balaban J connectivity index is 1.97. The SMILES string of the molecule is COc1ccc(S(=O)(=O)N(CC(=O)Nc2ccc(Br)cc2)c2ccccc2OC)cc1. The minimum absolute atomic E-state index is 0.0237. The van der Waals surface area contributed by atoms with Crippen LogP contribution in [0.4, 0.5) is 11.4 Å². The molecule has 7 nitrogen and oxygen atoms in total. The molecule has 3 rings (SSSR count). The van der Waals surface area contributed by atoms with E-state index < -0.39 is 22.5 Å². The predicted octanol–water partition coefficient (Wildman–Crippen LogP) is 4.30. The molecule has 1 N–H and O–H groups in total. The first kappa shape index (κ1) is 22.6. The maximum absolute atomic E-state index is 13.5. The number of methoxy groups -OCH3 is 2. The minimum Gasteiger partial charge on any atom is -0.497 e. The number of nitrogens with one attached hydrogen (secondary N) is 1. The fourth-order valence-electron chi connectivity index (χ4n) is 2.87. The zero-order valence-corrected chi connectivity index (χ0v) is 19.3. The molecule has 162 valence electrons. The summed E-state index contributed by atoms with van der Waals surface area (Å²) in [5.41, 5.74) is 0.807. The standard InChI is InChI=1S/C22H21BrN2O5S/c1-29-18-11-13-19(14-12-18)31(27,28)25(20-5-3-4-6-21(20)30-2)15-22(26)24-17-9-7-16(23)8-10-17/h3-14H,15H2,1-2H3,(H,24,26). The van der Waals surface area contributed by atoms with Crippen LogP contribution in [0.5, 0.6) is 11.5 Å². The zero-order valence-electron chi connectivity index (χ0n) is 16.9. The average Bonchev–Trinajstić information content (AvgIpc) is 2.79. The lowest BCUT2D eigenvalue weighted by Gasteiger charge is -2.25. The van der Waals surface area contributed by atoms with Crippen LogP contribution in [0.1, 0.15) is 0 Å². The number of hydrogen-bond acceptors (Lipinski definition) is 5. The molecule has 0 heterocycles. The molecule has 0 unspecified atom stereocenters. The van der Waals surface area contributed by atoms with Crippen molar-refractivity contribution in [2.24, 2.45) is 0 Å². The lowest BCUT2D eigenvalue weighted by molar-refractivity contribution is -0.114. The average molecular weight is 505 g/mol. The van der Waals surface area contributed by atoms with Gasteiger partial charge in [-0.05, 0) is 60.7 Å². The quantitative estimate of drug-likeness (QED) is 0.494. The largest absolute Gasteiger partial charge is 0.497 e. The van der Waals surface area contributed by atoms with Crippen LogP contribution in [0.2, 0.25) is 0 Å². The Hall–Kier alpha value is -3.04.